The van der Waals surface area contributed by atoms with Crippen LogP contribution in [-0.4, -0.2) is 30.1 Å². The van der Waals surface area contributed by atoms with E-state index in [1.807, 2.05) is 36.4 Å². The Hall–Kier alpha value is -3.13. The molecule has 3 rings (SSSR count). The van der Waals surface area contributed by atoms with Crippen LogP contribution in [0.3, 0.4) is 0 Å². The molecule has 0 aliphatic rings. The zero-order chi connectivity index (χ0) is 21.3. The number of pyridine rings is 1. The highest BCUT2D eigenvalue weighted by atomic mass is 32.1. The zero-order valence-electron chi connectivity index (χ0n) is 17.7. The van der Waals surface area contributed by atoms with Crippen LogP contribution >= 0.6 is 11.3 Å². The Bertz CT molecular complexity index is 970. The molecule has 3 aromatic rings. The van der Waals surface area contributed by atoms with E-state index < -0.39 is 0 Å². The van der Waals surface area contributed by atoms with Gasteiger partial charge in [0.1, 0.15) is 16.5 Å². The summed E-state index contributed by atoms with van der Waals surface area (Å²) < 4.78 is 11.0. The van der Waals surface area contributed by atoms with Crippen LogP contribution in [0, 0.1) is 0 Å². The number of aliphatic imine (C=N–C) groups is 1. The van der Waals surface area contributed by atoms with E-state index in [4.69, 9.17) is 9.47 Å². The van der Waals surface area contributed by atoms with Gasteiger partial charge in [-0.3, -0.25) is 4.99 Å². The molecule has 0 atom stereocenters. The van der Waals surface area contributed by atoms with E-state index in [1.54, 1.807) is 31.7 Å². The third-order valence-corrected chi connectivity index (χ3v) is 5.18. The summed E-state index contributed by atoms with van der Waals surface area (Å²) in [7, 11) is 3.38. The molecule has 0 aliphatic carbocycles. The molecule has 2 N–H and O–H groups in total. The van der Waals surface area contributed by atoms with Crippen molar-refractivity contribution >= 4 is 17.3 Å². The molecule has 1 aromatic carbocycles. The van der Waals surface area contributed by atoms with E-state index >= 15 is 0 Å². The molecule has 0 saturated carbocycles. The Balaban J connectivity index is 1.49. The molecule has 2 heterocycles. The third-order valence-electron chi connectivity index (χ3n) is 4.31. The highest BCUT2D eigenvalue weighted by Crippen LogP contribution is 2.23. The molecule has 8 heteroatoms. The second kappa shape index (κ2) is 10.6. The SMILES string of the molecule is CN=C(NCc1ccc(Oc2cccc(OC)c2)nc1)NCc1nc(C(C)C)cs1. The third kappa shape index (κ3) is 6.18. The van der Waals surface area contributed by atoms with Crippen LogP contribution in [0.25, 0.3) is 0 Å². The van der Waals surface area contributed by atoms with Gasteiger partial charge in [-0.2, -0.15) is 0 Å². The lowest BCUT2D eigenvalue weighted by atomic mass is 10.2. The zero-order valence-corrected chi connectivity index (χ0v) is 18.5. The number of rotatable bonds is 8. The lowest BCUT2D eigenvalue weighted by Gasteiger charge is -2.11. The van der Waals surface area contributed by atoms with Gasteiger partial charge in [0, 0.05) is 37.3 Å². The van der Waals surface area contributed by atoms with Gasteiger partial charge in [-0.15, -0.1) is 11.3 Å². The molecule has 0 saturated heterocycles. The van der Waals surface area contributed by atoms with Gasteiger partial charge >= 0.3 is 0 Å². The summed E-state index contributed by atoms with van der Waals surface area (Å²) in [6.07, 6.45) is 1.78. The first-order valence-corrected chi connectivity index (χ1v) is 10.6. The fraction of sp³-hybridized carbons (Fsp3) is 0.318. The maximum absolute atomic E-state index is 5.78. The average molecular weight is 426 g/mol. The molecule has 0 bridgehead atoms. The monoisotopic (exact) mass is 425 g/mol. The minimum absolute atomic E-state index is 0.441. The molecule has 0 spiro atoms. The van der Waals surface area contributed by atoms with Crippen molar-refractivity contribution in [2.24, 2.45) is 4.99 Å². The highest BCUT2D eigenvalue weighted by Gasteiger charge is 2.07. The van der Waals surface area contributed by atoms with Gasteiger partial charge in [0.25, 0.3) is 0 Å². The molecule has 0 radical (unpaired) electrons. The lowest BCUT2D eigenvalue weighted by molar-refractivity contribution is 0.407. The van der Waals surface area contributed by atoms with Crippen molar-refractivity contribution in [2.45, 2.75) is 32.9 Å². The number of methoxy groups -OCH3 is 1. The van der Waals surface area contributed by atoms with Crippen LogP contribution in [0.5, 0.6) is 17.4 Å². The minimum Gasteiger partial charge on any atom is -0.497 e. The fourth-order valence-electron chi connectivity index (χ4n) is 2.60. The standard InChI is InChI=1S/C22H27N5O2S/c1-15(2)19-14-30-21(27-19)13-26-22(23-3)25-12-16-8-9-20(24-11-16)29-18-7-5-6-17(10-18)28-4/h5-11,14-15H,12-13H2,1-4H3,(H2,23,25,26). The number of aromatic nitrogens is 2. The summed E-state index contributed by atoms with van der Waals surface area (Å²) in [5, 5.41) is 9.73. The first-order valence-electron chi connectivity index (χ1n) is 9.73. The molecule has 158 valence electrons. The van der Waals surface area contributed by atoms with Crippen LogP contribution in [0.1, 0.15) is 36.0 Å². The number of benzene rings is 1. The van der Waals surface area contributed by atoms with Crippen molar-refractivity contribution in [2.75, 3.05) is 14.2 Å². The molecule has 0 unspecified atom stereocenters. The van der Waals surface area contributed by atoms with Gasteiger partial charge in [-0.25, -0.2) is 9.97 Å². The van der Waals surface area contributed by atoms with Crippen LogP contribution in [0.4, 0.5) is 0 Å². The first-order chi connectivity index (χ1) is 14.6. The number of ether oxygens (including phenoxy) is 2. The van der Waals surface area contributed by atoms with Crippen LogP contribution in [0.2, 0.25) is 0 Å². The number of thiazole rings is 1. The smallest absolute Gasteiger partial charge is 0.219 e. The number of hydrogen-bond donors (Lipinski definition) is 2. The highest BCUT2D eigenvalue weighted by molar-refractivity contribution is 7.09. The Morgan fingerprint density at radius 3 is 2.60 bits per heavy atom. The van der Waals surface area contributed by atoms with Crippen molar-refractivity contribution in [1.82, 2.24) is 20.6 Å². The van der Waals surface area contributed by atoms with E-state index in [-0.39, 0.29) is 0 Å². The quantitative estimate of drug-likeness (QED) is 0.413. The number of nitrogens with zero attached hydrogens (tertiary/aromatic N) is 3. The second-order valence-corrected chi connectivity index (χ2v) is 7.83. The maximum Gasteiger partial charge on any atom is 0.219 e. The van der Waals surface area contributed by atoms with Crippen LogP contribution < -0.4 is 20.1 Å². The first kappa shape index (κ1) is 21.6. The predicted octanol–water partition coefficient (Wildman–Crippen LogP) is 4.33. The fourth-order valence-corrected chi connectivity index (χ4v) is 3.49. The van der Waals surface area contributed by atoms with Crippen LogP contribution in [-0.2, 0) is 13.1 Å². The van der Waals surface area contributed by atoms with E-state index in [0.29, 0.717) is 36.6 Å². The number of nitrogens with one attached hydrogen (secondary N) is 2. The Labute approximate surface area is 181 Å². The van der Waals surface area contributed by atoms with E-state index in [2.05, 4.69) is 44.8 Å². The largest absolute Gasteiger partial charge is 0.497 e. The Morgan fingerprint density at radius 1 is 1.13 bits per heavy atom. The number of hydrogen-bond acceptors (Lipinski definition) is 6. The molecule has 0 amide bonds. The molecule has 30 heavy (non-hydrogen) atoms. The van der Waals surface area contributed by atoms with Gasteiger partial charge in [-0.05, 0) is 23.6 Å². The summed E-state index contributed by atoms with van der Waals surface area (Å²) in [6.45, 7) is 5.53. The number of guanidine groups is 1. The van der Waals surface area contributed by atoms with Crippen molar-refractivity contribution in [3.63, 3.8) is 0 Å². The van der Waals surface area contributed by atoms with Crippen molar-refractivity contribution in [1.29, 1.82) is 0 Å². The molecule has 7 nitrogen and oxygen atoms in total. The summed E-state index contributed by atoms with van der Waals surface area (Å²) in [5.41, 5.74) is 2.15. The summed E-state index contributed by atoms with van der Waals surface area (Å²) in [4.78, 5) is 13.3. The normalized spacial score (nSPS) is 11.4. The Morgan fingerprint density at radius 2 is 1.93 bits per heavy atom. The van der Waals surface area contributed by atoms with E-state index in [1.165, 1.54) is 0 Å². The van der Waals surface area contributed by atoms with E-state index in [0.717, 1.165) is 22.0 Å². The van der Waals surface area contributed by atoms with Gasteiger partial charge in [-0.1, -0.05) is 26.0 Å². The van der Waals surface area contributed by atoms with Gasteiger partial charge in [0.05, 0.1) is 19.3 Å². The van der Waals surface area contributed by atoms with Crippen molar-refractivity contribution in [3.8, 4) is 17.4 Å². The predicted molar refractivity (Wildman–Crippen MR) is 121 cm³/mol. The molecule has 2 aromatic heterocycles. The van der Waals surface area contributed by atoms with Gasteiger partial charge in [0.2, 0.25) is 5.88 Å². The second-order valence-electron chi connectivity index (χ2n) is 6.89. The van der Waals surface area contributed by atoms with Crippen molar-refractivity contribution < 1.29 is 9.47 Å². The summed E-state index contributed by atoms with van der Waals surface area (Å²) in [6, 6.07) is 11.2. The summed E-state index contributed by atoms with van der Waals surface area (Å²) >= 11 is 1.66. The van der Waals surface area contributed by atoms with Crippen molar-refractivity contribution in [3.05, 3.63) is 64.2 Å². The Kier molecular flexibility index (Phi) is 7.62. The van der Waals surface area contributed by atoms with Gasteiger partial charge in [0.15, 0.2) is 5.96 Å². The molecule has 0 fully saturated rings. The average Bonchev–Trinajstić information content (AvgIpc) is 3.24. The molecule has 0 aliphatic heterocycles. The molecular formula is C22H27N5O2S. The summed E-state index contributed by atoms with van der Waals surface area (Å²) in [5.74, 6) is 3.11. The minimum atomic E-state index is 0.441. The topological polar surface area (TPSA) is 80.7 Å². The lowest BCUT2D eigenvalue weighted by Crippen LogP contribution is -2.36. The van der Waals surface area contributed by atoms with E-state index in [9.17, 15) is 0 Å². The van der Waals surface area contributed by atoms with Crippen LogP contribution in [0.15, 0.2) is 53.0 Å². The van der Waals surface area contributed by atoms with Gasteiger partial charge < -0.3 is 20.1 Å². The molecular weight excluding hydrogens is 398 g/mol. The maximum atomic E-state index is 5.78.